The average Bonchev–Trinajstić information content (AvgIpc) is 1.76. The molecule has 6 heavy (non-hydrogen) atoms. The second-order valence-electron chi connectivity index (χ2n) is 0.753. The smallest absolute Gasteiger partial charge is 0.0229 e. The van der Waals surface area contributed by atoms with E-state index in [-0.39, 0.29) is 23.9 Å². The summed E-state index contributed by atoms with van der Waals surface area (Å²) in [6, 6.07) is 0. The predicted octanol–water partition coefficient (Wildman–Crippen LogP) is 1.51. The van der Waals surface area contributed by atoms with E-state index in [0.717, 1.165) is 0 Å². The van der Waals surface area contributed by atoms with Crippen LogP contribution in [0.1, 0.15) is 0 Å². The molecule has 0 aromatic carbocycles. The second kappa shape index (κ2) is 4.40. The minimum Gasteiger partial charge on any atom is -0.0854 e. The van der Waals surface area contributed by atoms with Gasteiger partial charge in [-0.25, -0.2) is 0 Å². The van der Waals surface area contributed by atoms with Gasteiger partial charge in [0.05, 0.1) is 0 Å². The van der Waals surface area contributed by atoms with E-state index < -0.39 is 0 Å². The van der Waals surface area contributed by atoms with Crippen LogP contribution in [-0.4, -0.2) is 29.7 Å². The molecule has 0 amide bonds. The standard InChI is InChI=1S/C3H4S2.Sn/c1-2-4-5-3-1;/h1-2H,3H2;. The van der Waals surface area contributed by atoms with Crippen molar-refractivity contribution in [3.05, 3.63) is 11.5 Å². The molecule has 1 rings (SSSR count). The van der Waals surface area contributed by atoms with Gasteiger partial charge in [-0.05, 0) is 5.41 Å². The minimum absolute atomic E-state index is 0. The molecule has 0 aromatic rings. The summed E-state index contributed by atoms with van der Waals surface area (Å²) in [5.74, 6) is 1.20. The summed E-state index contributed by atoms with van der Waals surface area (Å²) in [6.45, 7) is 0. The molecular formula is C3H4S2Sn. The number of hydrogen-bond donors (Lipinski definition) is 0. The molecule has 4 radical (unpaired) electrons. The molecule has 0 fully saturated rings. The van der Waals surface area contributed by atoms with Crippen LogP contribution in [0.15, 0.2) is 11.5 Å². The van der Waals surface area contributed by atoms with Crippen LogP contribution in [-0.2, 0) is 0 Å². The third-order valence-electron chi connectivity index (χ3n) is 0.384. The van der Waals surface area contributed by atoms with E-state index in [0.29, 0.717) is 0 Å². The van der Waals surface area contributed by atoms with E-state index in [1.165, 1.54) is 5.75 Å². The first-order valence-electron chi connectivity index (χ1n) is 1.43. The van der Waals surface area contributed by atoms with Gasteiger partial charge in [0, 0.05) is 29.7 Å². The van der Waals surface area contributed by atoms with E-state index in [1.807, 2.05) is 21.6 Å². The first kappa shape index (κ1) is 7.24. The van der Waals surface area contributed by atoms with Gasteiger partial charge >= 0.3 is 0 Å². The van der Waals surface area contributed by atoms with Crippen LogP contribution in [0.5, 0.6) is 0 Å². The van der Waals surface area contributed by atoms with Crippen molar-refractivity contribution in [1.82, 2.24) is 0 Å². The molecule has 1 aliphatic rings. The van der Waals surface area contributed by atoms with E-state index in [2.05, 4.69) is 11.5 Å². The normalized spacial score (nSPS) is 17.3. The topological polar surface area (TPSA) is 0 Å². The second-order valence-corrected chi connectivity index (χ2v) is 3.07. The molecule has 0 aromatic heterocycles. The van der Waals surface area contributed by atoms with Crippen LogP contribution in [0.4, 0.5) is 0 Å². The monoisotopic (exact) mass is 224 g/mol. The van der Waals surface area contributed by atoms with Crippen molar-refractivity contribution >= 4 is 45.5 Å². The van der Waals surface area contributed by atoms with Crippen molar-refractivity contribution in [3.8, 4) is 0 Å². The molecule has 0 aliphatic carbocycles. The largest absolute Gasteiger partial charge is 0.0854 e. The summed E-state index contributed by atoms with van der Waals surface area (Å²) < 4.78 is 0. The van der Waals surface area contributed by atoms with Gasteiger partial charge in [0.15, 0.2) is 0 Å². The maximum Gasteiger partial charge on any atom is 0.0229 e. The summed E-state index contributed by atoms with van der Waals surface area (Å²) in [5, 5.41) is 2.12. The predicted molar refractivity (Wildman–Crippen MR) is 34.9 cm³/mol. The summed E-state index contributed by atoms with van der Waals surface area (Å²) in [6.07, 6.45) is 2.16. The zero-order valence-corrected chi connectivity index (χ0v) is 7.67. The van der Waals surface area contributed by atoms with Gasteiger partial charge in [-0.3, -0.25) is 0 Å². The van der Waals surface area contributed by atoms with E-state index >= 15 is 0 Å². The van der Waals surface area contributed by atoms with Crippen LogP contribution in [0, 0.1) is 0 Å². The fourth-order valence-electron chi connectivity index (χ4n) is 0.196. The Hall–Kier alpha value is 1.24. The summed E-state index contributed by atoms with van der Waals surface area (Å²) in [5.41, 5.74) is 0. The maximum atomic E-state index is 2.16. The van der Waals surface area contributed by atoms with Gasteiger partial charge in [-0.15, -0.1) is 0 Å². The molecule has 0 nitrogen and oxygen atoms in total. The van der Waals surface area contributed by atoms with Gasteiger partial charge in [-0.2, -0.15) is 0 Å². The summed E-state index contributed by atoms with van der Waals surface area (Å²) in [7, 11) is 3.69. The molecular weight excluding hydrogens is 219 g/mol. The van der Waals surface area contributed by atoms with E-state index in [1.54, 1.807) is 0 Å². The third kappa shape index (κ3) is 2.42. The maximum absolute atomic E-state index is 2.16. The van der Waals surface area contributed by atoms with Crippen LogP contribution in [0.2, 0.25) is 0 Å². The van der Waals surface area contributed by atoms with Crippen molar-refractivity contribution in [2.75, 3.05) is 5.75 Å². The Morgan fingerprint density at radius 1 is 1.50 bits per heavy atom. The van der Waals surface area contributed by atoms with Crippen molar-refractivity contribution in [2.45, 2.75) is 0 Å². The van der Waals surface area contributed by atoms with Gasteiger partial charge < -0.3 is 0 Å². The van der Waals surface area contributed by atoms with Crippen LogP contribution in [0.25, 0.3) is 0 Å². The van der Waals surface area contributed by atoms with E-state index in [9.17, 15) is 0 Å². The molecule has 0 bridgehead atoms. The van der Waals surface area contributed by atoms with Gasteiger partial charge in [-0.1, -0.05) is 27.7 Å². The average molecular weight is 223 g/mol. The molecule has 1 heterocycles. The fourth-order valence-corrected chi connectivity index (χ4v) is 1.77. The quantitative estimate of drug-likeness (QED) is 0.451. The Morgan fingerprint density at radius 2 is 2.33 bits per heavy atom. The van der Waals surface area contributed by atoms with Crippen molar-refractivity contribution in [3.63, 3.8) is 0 Å². The van der Waals surface area contributed by atoms with Crippen LogP contribution in [0.3, 0.4) is 0 Å². The van der Waals surface area contributed by atoms with Crippen molar-refractivity contribution < 1.29 is 0 Å². The Bertz CT molecular complexity index is 46.8. The number of rotatable bonds is 0. The minimum atomic E-state index is 0. The first-order chi connectivity index (χ1) is 2.50. The van der Waals surface area contributed by atoms with Gasteiger partial charge in [0.2, 0.25) is 0 Å². The molecule has 32 valence electrons. The first-order valence-corrected chi connectivity index (χ1v) is 3.81. The third-order valence-corrected chi connectivity index (χ3v) is 2.30. The van der Waals surface area contributed by atoms with E-state index in [4.69, 9.17) is 0 Å². The fraction of sp³-hybridized carbons (Fsp3) is 0.333. The molecule has 0 saturated heterocycles. The Labute approximate surface area is 62.5 Å². The van der Waals surface area contributed by atoms with Gasteiger partial charge in [0.1, 0.15) is 0 Å². The molecule has 0 saturated carbocycles. The molecule has 0 spiro atoms. The van der Waals surface area contributed by atoms with Crippen LogP contribution < -0.4 is 0 Å². The molecule has 3 heteroatoms. The molecule has 0 unspecified atom stereocenters. The van der Waals surface area contributed by atoms with Crippen molar-refractivity contribution in [2.24, 2.45) is 0 Å². The van der Waals surface area contributed by atoms with Gasteiger partial charge in [0.25, 0.3) is 0 Å². The molecule has 0 atom stereocenters. The summed E-state index contributed by atoms with van der Waals surface area (Å²) >= 11 is 0. The molecule has 1 aliphatic heterocycles. The summed E-state index contributed by atoms with van der Waals surface area (Å²) in [4.78, 5) is 0. The zero-order valence-electron chi connectivity index (χ0n) is 3.18. The molecule has 0 N–H and O–H groups in total. The SMILES string of the molecule is C1=CSSC1.[Sn]. The van der Waals surface area contributed by atoms with Crippen molar-refractivity contribution in [1.29, 1.82) is 0 Å². The number of hydrogen-bond acceptors (Lipinski definition) is 2. The Kier molecular flexibility index (Phi) is 5.31. The Balaban J connectivity index is 0.000000250. The Morgan fingerprint density at radius 3 is 2.50 bits per heavy atom. The zero-order chi connectivity index (χ0) is 3.54. The van der Waals surface area contributed by atoms with Crippen LogP contribution >= 0.6 is 21.6 Å².